The van der Waals surface area contributed by atoms with Crippen LogP contribution in [0.3, 0.4) is 0 Å². The van der Waals surface area contributed by atoms with Crippen LogP contribution in [0.1, 0.15) is 29.3 Å². The fourth-order valence-electron chi connectivity index (χ4n) is 3.47. The molecule has 1 spiro atoms. The van der Waals surface area contributed by atoms with E-state index >= 15 is 0 Å². The highest BCUT2D eigenvalue weighted by atomic mass is 16.5. The Morgan fingerprint density at radius 3 is 3.00 bits per heavy atom. The zero-order valence-corrected chi connectivity index (χ0v) is 13.9. The summed E-state index contributed by atoms with van der Waals surface area (Å²) in [5, 5.41) is 0. The Morgan fingerprint density at radius 1 is 1.39 bits per heavy atom. The number of hydrogen-bond acceptors (Lipinski definition) is 4. The molecular weight excluding hydrogens is 294 g/mol. The number of carbonyl (C=O) groups excluding carboxylic acids is 1. The van der Waals surface area contributed by atoms with Gasteiger partial charge in [-0.25, -0.2) is 0 Å². The number of benzene rings is 1. The van der Waals surface area contributed by atoms with Gasteiger partial charge in [-0.1, -0.05) is 18.2 Å². The topological polar surface area (TPSA) is 48.0 Å². The van der Waals surface area contributed by atoms with Gasteiger partial charge in [0.25, 0.3) is 5.91 Å². The molecule has 126 valence electrons. The first-order valence-electron chi connectivity index (χ1n) is 8.31. The summed E-state index contributed by atoms with van der Waals surface area (Å²) in [4.78, 5) is 15.0. The van der Waals surface area contributed by atoms with E-state index in [1.807, 2.05) is 43.0 Å². The van der Waals surface area contributed by atoms with Crippen LogP contribution in [0.25, 0.3) is 0 Å². The number of nitrogens with zero attached hydrogens (tertiary/aromatic N) is 1. The smallest absolute Gasteiger partial charge is 0.254 e. The summed E-state index contributed by atoms with van der Waals surface area (Å²) in [6, 6.07) is 7.74. The lowest BCUT2D eigenvalue weighted by molar-refractivity contribution is -0.0559. The quantitative estimate of drug-likeness (QED) is 0.852. The molecule has 0 N–H and O–H groups in total. The van der Waals surface area contributed by atoms with Crippen molar-refractivity contribution in [3.8, 4) is 0 Å². The summed E-state index contributed by atoms with van der Waals surface area (Å²) in [7, 11) is 0. The average molecular weight is 319 g/mol. The van der Waals surface area contributed by atoms with E-state index in [2.05, 4.69) is 0 Å². The Balaban J connectivity index is 1.80. The van der Waals surface area contributed by atoms with Crippen molar-refractivity contribution in [3.63, 3.8) is 0 Å². The van der Waals surface area contributed by atoms with Crippen LogP contribution >= 0.6 is 0 Å². The molecule has 1 amide bonds. The SMILES string of the molecule is CCOC[C@H]1C[C@@]2(COCCN2C(=O)c2ccccc2C)CO1. The van der Waals surface area contributed by atoms with Crippen LogP contribution in [0, 0.1) is 6.92 Å². The van der Waals surface area contributed by atoms with Gasteiger partial charge in [-0.05, 0) is 25.5 Å². The molecule has 0 unspecified atom stereocenters. The second-order valence-electron chi connectivity index (χ2n) is 6.35. The Labute approximate surface area is 137 Å². The minimum atomic E-state index is -0.362. The molecule has 0 saturated carbocycles. The molecular formula is C18H25NO4. The van der Waals surface area contributed by atoms with Crippen molar-refractivity contribution >= 4 is 5.91 Å². The molecule has 0 aliphatic carbocycles. The molecule has 5 nitrogen and oxygen atoms in total. The molecule has 2 aliphatic heterocycles. The van der Waals surface area contributed by atoms with Gasteiger partial charge in [0.15, 0.2) is 0 Å². The van der Waals surface area contributed by atoms with Gasteiger partial charge in [0.05, 0.1) is 38.1 Å². The zero-order valence-electron chi connectivity index (χ0n) is 13.9. The van der Waals surface area contributed by atoms with Gasteiger partial charge in [0.2, 0.25) is 0 Å². The third-order valence-electron chi connectivity index (χ3n) is 4.73. The number of morpholine rings is 1. The molecule has 2 atom stereocenters. The van der Waals surface area contributed by atoms with Crippen molar-refractivity contribution in [2.24, 2.45) is 0 Å². The van der Waals surface area contributed by atoms with Gasteiger partial charge in [-0.2, -0.15) is 0 Å². The van der Waals surface area contributed by atoms with Crippen molar-refractivity contribution < 1.29 is 19.0 Å². The van der Waals surface area contributed by atoms with Crippen LogP contribution in [0.5, 0.6) is 0 Å². The highest BCUT2D eigenvalue weighted by Crippen LogP contribution is 2.34. The predicted molar refractivity (Wildman–Crippen MR) is 86.6 cm³/mol. The fraction of sp³-hybridized carbons (Fsp3) is 0.611. The summed E-state index contributed by atoms with van der Waals surface area (Å²) >= 11 is 0. The first kappa shape index (κ1) is 16.4. The maximum atomic E-state index is 13.1. The first-order chi connectivity index (χ1) is 11.2. The van der Waals surface area contributed by atoms with E-state index in [0.717, 1.165) is 17.5 Å². The number of rotatable bonds is 4. The van der Waals surface area contributed by atoms with Crippen molar-refractivity contribution in [1.29, 1.82) is 0 Å². The van der Waals surface area contributed by atoms with Crippen LogP contribution in [-0.4, -0.2) is 62.0 Å². The van der Waals surface area contributed by atoms with Crippen molar-refractivity contribution in [2.75, 3.05) is 39.6 Å². The van der Waals surface area contributed by atoms with Gasteiger partial charge in [0, 0.05) is 25.1 Å². The Hall–Kier alpha value is -1.43. The summed E-state index contributed by atoms with van der Waals surface area (Å²) in [5.74, 6) is 0.0760. The minimum absolute atomic E-state index is 0.0313. The van der Waals surface area contributed by atoms with Gasteiger partial charge in [0.1, 0.15) is 0 Å². The number of carbonyl (C=O) groups is 1. The molecule has 0 bridgehead atoms. The largest absolute Gasteiger partial charge is 0.379 e. The van der Waals surface area contributed by atoms with E-state index in [1.165, 1.54) is 0 Å². The normalized spacial score (nSPS) is 27.6. The number of aryl methyl sites for hydroxylation is 1. The van der Waals surface area contributed by atoms with E-state index in [0.29, 0.717) is 39.6 Å². The summed E-state index contributed by atoms with van der Waals surface area (Å²) in [5.41, 5.74) is 1.41. The molecule has 5 heteroatoms. The van der Waals surface area contributed by atoms with Crippen LogP contribution in [0.15, 0.2) is 24.3 Å². The molecule has 0 aromatic heterocycles. The lowest BCUT2D eigenvalue weighted by atomic mass is 9.92. The molecule has 3 rings (SSSR count). The number of ether oxygens (including phenoxy) is 3. The Kier molecular flexibility index (Phi) is 4.99. The van der Waals surface area contributed by atoms with Crippen LogP contribution < -0.4 is 0 Å². The standard InChI is InChI=1S/C18H25NO4/c1-3-21-11-15-10-18(13-23-15)12-22-9-8-19(18)17(20)16-7-5-4-6-14(16)2/h4-7,15H,3,8-13H2,1-2H3/t15-,18-/m1/s1. The van der Waals surface area contributed by atoms with E-state index in [1.54, 1.807) is 0 Å². The van der Waals surface area contributed by atoms with Crippen LogP contribution in [0.4, 0.5) is 0 Å². The van der Waals surface area contributed by atoms with Gasteiger partial charge in [-0.15, -0.1) is 0 Å². The maximum absolute atomic E-state index is 13.1. The van der Waals surface area contributed by atoms with Crippen molar-refractivity contribution in [3.05, 3.63) is 35.4 Å². The highest BCUT2D eigenvalue weighted by Gasteiger charge is 2.49. The fourth-order valence-corrected chi connectivity index (χ4v) is 3.47. The third-order valence-corrected chi connectivity index (χ3v) is 4.73. The van der Waals surface area contributed by atoms with E-state index in [9.17, 15) is 4.79 Å². The second kappa shape index (κ2) is 6.99. The van der Waals surface area contributed by atoms with Crippen molar-refractivity contribution in [1.82, 2.24) is 4.90 Å². The second-order valence-corrected chi connectivity index (χ2v) is 6.35. The van der Waals surface area contributed by atoms with Gasteiger partial charge in [-0.3, -0.25) is 4.79 Å². The summed E-state index contributed by atoms with van der Waals surface area (Å²) in [6.45, 7) is 7.44. The first-order valence-corrected chi connectivity index (χ1v) is 8.31. The van der Waals surface area contributed by atoms with Crippen LogP contribution in [-0.2, 0) is 14.2 Å². The highest BCUT2D eigenvalue weighted by molar-refractivity contribution is 5.96. The summed E-state index contributed by atoms with van der Waals surface area (Å²) in [6.07, 6.45) is 0.800. The molecule has 23 heavy (non-hydrogen) atoms. The molecule has 2 heterocycles. The minimum Gasteiger partial charge on any atom is -0.379 e. The molecule has 1 aromatic carbocycles. The number of hydrogen-bond donors (Lipinski definition) is 0. The van der Waals surface area contributed by atoms with E-state index in [4.69, 9.17) is 14.2 Å². The van der Waals surface area contributed by atoms with Gasteiger partial charge >= 0.3 is 0 Å². The summed E-state index contributed by atoms with van der Waals surface area (Å²) < 4.78 is 17.1. The monoisotopic (exact) mass is 319 g/mol. The average Bonchev–Trinajstić information content (AvgIpc) is 2.96. The lowest BCUT2D eigenvalue weighted by Crippen LogP contribution is -2.60. The zero-order chi connectivity index (χ0) is 16.3. The molecule has 0 radical (unpaired) electrons. The van der Waals surface area contributed by atoms with Crippen molar-refractivity contribution in [2.45, 2.75) is 31.9 Å². The van der Waals surface area contributed by atoms with Crippen LogP contribution in [0.2, 0.25) is 0 Å². The van der Waals surface area contributed by atoms with E-state index in [-0.39, 0.29) is 17.6 Å². The number of amides is 1. The maximum Gasteiger partial charge on any atom is 0.254 e. The third kappa shape index (κ3) is 3.27. The Morgan fingerprint density at radius 2 is 2.22 bits per heavy atom. The van der Waals surface area contributed by atoms with E-state index < -0.39 is 0 Å². The predicted octanol–water partition coefficient (Wildman–Crippen LogP) is 2.03. The Bertz CT molecular complexity index is 562. The lowest BCUT2D eigenvalue weighted by Gasteiger charge is -2.43. The van der Waals surface area contributed by atoms with Gasteiger partial charge < -0.3 is 19.1 Å². The molecule has 2 saturated heterocycles. The molecule has 2 fully saturated rings. The molecule has 2 aliphatic rings. The molecule has 1 aromatic rings.